The van der Waals surface area contributed by atoms with Crippen LogP contribution in [0.2, 0.25) is 0 Å². The molecule has 0 aliphatic carbocycles. The van der Waals surface area contributed by atoms with Crippen LogP contribution in [-0.4, -0.2) is 13.1 Å². The zero-order valence-electron chi connectivity index (χ0n) is 18.4. The molecule has 0 spiro atoms. The van der Waals surface area contributed by atoms with Crippen molar-refractivity contribution in [2.45, 2.75) is 66.2 Å². The second-order valence-electron chi connectivity index (χ2n) is 8.14. The van der Waals surface area contributed by atoms with Crippen molar-refractivity contribution < 1.29 is 14.3 Å². The average Bonchev–Trinajstić information content (AvgIpc) is 2.65. The summed E-state index contributed by atoms with van der Waals surface area (Å²) in [5.41, 5.74) is 4.84. The summed E-state index contributed by atoms with van der Waals surface area (Å²) < 4.78 is 10.7. The van der Waals surface area contributed by atoms with Gasteiger partial charge in [-0.1, -0.05) is 39.3 Å². The summed E-state index contributed by atoms with van der Waals surface area (Å²) in [5.74, 6) is 1.87. The Morgan fingerprint density at radius 2 is 1.57 bits per heavy atom. The van der Waals surface area contributed by atoms with Gasteiger partial charge >= 0.3 is 5.97 Å². The van der Waals surface area contributed by atoms with Crippen LogP contribution in [0.15, 0.2) is 36.4 Å². The van der Waals surface area contributed by atoms with Crippen LogP contribution in [0, 0.1) is 19.8 Å². The molecule has 0 aromatic heterocycles. The lowest BCUT2D eigenvalue weighted by Crippen LogP contribution is -2.27. The van der Waals surface area contributed by atoms with Gasteiger partial charge in [0, 0.05) is 12.3 Å². The Hall–Kier alpha value is -2.29. The quantitative estimate of drug-likeness (QED) is 0.393. The van der Waals surface area contributed by atoms with Crippen LogP contribution in [0.5, 0.6) is 11.5 Å². The topological polar surface area (TPSA) is 35.5 Å². The fourth-order valence-electron chi connectivity index (χ4n) is 4.02. The first-order valence-corrected chi connectivity index (χ1v) is 10.2. The fourth-order valence-corrected chi connectivity index (χ4v) is 4.02. The zero-order valence-corrected chi connectivity index (χ0v) is 18.4. The molecule has 0 saturated heterocycles. The number of ether oxygens (including phenoxy) is 2. The maximum atomic E-state index is 11.3. The van der Waals surface area contributed by atoms with Crippen molar-refractivity contribution in [2.24, 2.45) is 5.92 Å². The van der Waals surface area contributed by atoms with Crippen molar-refractivity contribution in [3.05, 3.63) is 58.7 Å². The molecule has 152 valence electrons. The van der Waals surface area contributed by atoms with E-state index in [1.165, 1.54) is 30.0 Å². The van der Waals surface area contributed by atoms with Crippen LogP contribution in [0.25, 0.3) is 0 Å². The van der Waals surface area contributed by atoms with Crippen molar-refractivity contribution >= 4 is 5.97 Å². The molecule has 2 aromatic carbocycles. The predicted octanol–water partition coefficient (Wildman–Crippen LogP) is 6.37. The number of benzene rings is 2. The molecular formula is C25H34O3. The molecule has 2 aromatic rings. The van der Waals surface area contributed by atoms with E-state index in [0.29, 0.717) is 11.7 Å². The second-order valence-corrected chi connectivity index (χ2v) is 8.14. The van der Waals surface area contributed by atoms with E-state index in [9.17, 15) is 4.79 Å². The van der Waals surface area contributed by atoms with E-state index in [-0.39, 0.29) is 11.4 Å². The van der Waals surface area contributed by atoms with Gasteiger partial charge < -0.3 is 9.47 Å². The minimum absolute atomic E-state index is 0.126. The highest BCUT2D eigenvalue weighted by molar-refractivity contribution is 5.69. The molecule has 2 rings (SSSR count). The third-order valence-electron chi connectivity index (χ3n) is 5.92. The number of hydrogen-bond acceptors (Lipinski definition) is 3. The zero-order chi connectivity index (χ0) is 20.9. The first-order chi connectivity index (χ1) is 13.2. The summed E-state index contributed by atoms with van der Waals surface area (Å²) in [6.45, 7) is 12.6. The lowest BCUT2D eigenvalue weighted by atomic mass is 9.69. The number of carbonyl (C=O) groups is 1. The molecule has 0 heterocycles. The van der Waals surface area contributed by atoms with Crippen LogP contribution in [-0.2, 0) is 10.2 Å². The summed E-state index contributed by atoms with van der Waals surface area (Å²) in [6.07, 6.45) is 3.40. The van der Waals surface area contributed by atoms with Gasteiger partial charge in [0.15, 0.2) is 0 Å². The fraction of sp³-hybridized carbons (Fsp3) is 0.480. The van der Waals surface area contributed by atoms with Crippen molar-refractivity contribution in [3.63, 3.8) is 0 Å². The van der Waals surface area contributed by atoms with E-state index < -0.39 is 0 Å². The first-order valence-electron chi connectivity index (χ1n) is 10.2. The van der Waals surface area contributed by atoms with Gasteiger partial charge in [-0.15, -0.1) is 0 Å². The Morgan fingerprint density at radius 1 is 1.04 bits per heavy atom. The molecule has 0 bridgehead atoms. The molecule has 0 aliphatic rings. The van der Waals surface area contributed by atoms with Gasteiger partial charge in [-0.05, 0) is 79.1 Å². The van der Waals surface area contributed by atoms with Gasteiger partial charge in [0.25, 0.3) is 0 Å². The maximum absolute atomic E-state index is 11.3. The predicted molar refractivity (Wildman–Crippen MR) is 115 cm³/mol. The van der Waals surface area contributed by atoms with Crippen LogP contribution in [0.3, 0.4) is 0 Å². The van der Waals surface area contributed by atoms with E-state index in [4.69, 9.17) is 9.47 Å². The molecule has 0 aliphatic heterocycles. The van der Waals surface area contributed by atoms with E-state index in [0.717, 1.165) is 24.2 Å². The van der Waals surface area contributed by atoms with E-state index in [1.807, 2.05) is 18.2 Å². The summed E-state index contributed by atoms with van der Waals surface area (Å²) in [4.78, 5) is 11.3. The maximum Gasteiger partial charge on any atom is 0.308 e. The van der Waals surface area contributed by atoms with Crippen molar-refractivity contribution in [2.75, 3.05) is 7.11 Å². The highest BCUT2D eigenvalue weighted by Gasteiger charge is 2.32. The van der Waals surface area contributed by atoms with E-state index in [2.05, 4.69) is 52.8 Å². The van der Waals surface area contributed by atoms with E-state index in [1.54, 1.807) is 7.11 Å². The molecular weight excluding hydrogens is 348 g/mol. The average molecular weight is 383 g/mol. The van der Waals surface area contributed by atoms with Gasteiger partial charge in [-0.25, -0.2) is 0 Å². The molecule has 0 saturated carbocycles. The number of esters is 1. The molecule has 2 atom stereocenters. The summed E-state index contributed by atoms with van der Waals surface area (Å²) in [7, 11) is 1.70. The highest BCUT2D eigenvalue weighted by atomic mass is 16.5. The highest BCUT2D eigenvalue weighted by Crippen LogP contribution is 2.42. The number of aryl methyl sites for hydroxylation is 2. The van der Waals surface area contributed by atoms with Gasteiger partial charge in [-0.2, -0.15) is 0 Å². The van der Waals surface area contributed by atoms with Crippen LogP contribution in [0.1, 0.15) is 69.2 Å². The van der Waals surface area contributed by atoms with Crippen LogP contribution in [0.4, 0.5) is 0 Å². The summed E-state index contributed by atoms with van der Waals surface area (Å²) in [6, 6.07) is 12.4. The van der Waals surface area contributed by atoms with Gasteiger partial charge in [0.2, 0.25) is 0 Å². The standard InChI is InChI=1S/C25H34O3/c1-8-17(2)13-14-25(6,23-11-9-21(27-7)15-18(23)3)24-12-10-22(16-19(24)4)28-20(5)26/h9-12,15-17H,8,13-14H2,1-7H3. The molecule has 2 unspecified atom stereocenters. The molecule has 0 fully saturated rings. The summed E-state index contributed by atoms with van der Waals surface area (Å²) >= 11 is 0. The third kappa shape index (κ3) is 4.95. The molecule has 3 nitrogen and oxygen atoms in total. The molecule has 0 radical (unpaired) electrons. The number of hydrogen-bond donors (Lipinski definition) is 0. The SMILES string of the molecule is CCC(C)CCC(C)(c1ccc(OC)cc1C)c1ccc(OC(C)=O)cc1C. The van der Waals surface area contributed by atoms with Crippen LogP contribution >= 0.6 is 0 Å². The molecule has 3 heteroatoms. The van der Waals surface area contributed by atoms with Crippen molar-refractivity contribution in [3.8, 4) is 11.5 Å². The minimum atomic E-state index is -0.294. The lowest BCUT2D eigenvalue weighted by molar-refractivity contribution is -0.131. The normalized spacial score (nSPS) is 14.2. The van der Waals surface area contributed by atoms with Crippen molar-refractivity contribution in [1.82, 2.24) is 0 Å². The Bertz CT molecular complexity index is 825. The monoisotopic (exact) mass is 382 g/mol. The Balaban J connectivity index is 2.54. The number of carbonyl (C=O) groups excluding carboxylic acids is 1. The van der Waals surface area contributed by atoms with Gasteiger partial charge in [0.1, 0.15) is 11.5 Å². The Morgan fingerprint density at radius 3 is 2.04 bits per heavy atom. The minimum Gasteiger partial charge on any atom is -0.497 e. The van der Waals surface area contributed by atoms with Crippen molar-refractivity contribution in [1.29, 1.82) is 0 Å². The number of rotatable bonds is 8. The van der Waals surface area contributed by atoms with E-state index >= 15 is 0 Å². The molecule has 0 amide bonds. The lowest BCUT2D eigenvalue weighted by Gasteiger charge is -2.35. The van der Waals surface area contributed by atoms with Gasteiger partial charge in [0.05, 0.1) is 7.11 Å². The van der Waals surface area contributed by atoms with Gasteiger partial charge in [-0.3, -0.25) is 4.79 Å². The Kier molecular flexibility index (Phi) is 7.29. The summed E-state index contributed by atoms with van der Waals surface area (Å²) in [5, 5.41) is 0. The smallest absolute Gasteiger partial charge is 0.308 e. The largest absolute Gasteiger partial charge is 0.497 e. The number of methoxy groups -OCH3 is 1. The molecule has 0 N–H and O–H groups in total. The first kappa shape index (κ1) is 22.0. The second kappa shape index (κ2) is 9.27. The molecule has 28 heavy (non-hydrogen) atoms. The Labute approximate surface area is 170 Å². The third-order valence-corrected chi connectivity index (χ3v) is 5.92. The van der Waals surface area contributed by atoms with Crippen LogP contribution < -0.4 is 9.47 Å².